The van der Waals surface area contributed by atoms with Crippen molar-refractivity contribution in [1.82, 2.24) is 0 Å². The van der Waals surface area contributed by atoms with E-state index in [9.17, 15) is 19.5 Å². The number of esters is 2. The monoisotopic (exact) mass is 408 g/mol. The molecule has 0 radical (unpaired) electrons. The van der Waals surface area contributed by atoms with Gasteiger partial charge in [0.1, 0.15) is 5.60 Å². The number of hydrogen-bond acceptors (Lipinski definition) is 6. The molecule has 2 rings (SSSR count). The van der Waals surface area contributed by atoms with Crippen LogP contribution < -0.4 is 9.47 Å². The van der Waals surface area contributed by atoms with Crippen LogP contribution in [0.15, 0.2) is 66.8 Å². The van der Waals surface area contributed by atoms with E-state index >= 15 is 0 Å². The molecule has 0 aromatic heterocycles. The van der Waals surface area contributed by atoms with Crippen LogP contribution in [0.1, 0.15) is 38.1 Å². The Morgan fingerprint density at radius 3 is 1.73 bits per heavy atom. The molecular weight excluding hydrogens is 384 g/mol. The second-order valence-corrected chi connectivity index (χ2v) is 7.47. The third kappa shape index (κ3) is 5.52. The highest BCUT2D eigenvalue weighted by Crippen LogP contribution is 2.34. The first-order valence-electron chi connectivity index (χ1n) is 9.17. The van der Waals surface area contributed by atoms with Crippen LogP contribution in [0.3, 0.4) is 0 Å². The molecular formula is C24H24O6. The summed E-state index contributed by atoms with van der Waals surface area (Å²) in [6.07, 6.45) is 0. The van der Waals surface area contributed by atoms with Gasteiger partial charge in [-0.25, -0.2) is 9.59 Å². The lowest BCUT2D eigenvalue weighted by atomic mass is 9.95. The van der Waals surface area contributed by atoms with E-state index in [0.29, 0.717) is 11.1 Å². The first-order valence-corrected chi connectivity index (χ1v) is 9.17. The van der Waals surface area contributed by atoms with Gasteiger partial charge >= 0.3 is 11.9 Å². The Morgan fingerprint density at radius 1 is 0.800 bits per heavy atom. The number of Topliss-reactive ketones (excluding diaryl/α,β-unsaturated/α-hetero) is 1. The summed E-state index contributed by atoms with van der Waals surface area (Å²) in [5.41, 5.74) is 0.674. The normalized spacial score (nSPS) is 10.8. The van der Waals surface area contributed by atoms with E-state index in [1.54, 1.807) is 36.4 Å². The van der Waals surface area contributed by atoms with E-state index in [0.717, 1.165) is 5.56 Å². The van der Waals surface area contributed by atoms with E-state index < -0.39 is 23.3 Å². The molecule has 6 heteroatoms. The number of hydrogen-bond donors (Lipinski definition) is 1. The fourth-order valence-corrected chi connectivity index (χ4v) is 2.39. The fraction of sp³-hybridized carbons (Fsp3) is 0.208. The van der Waals surface area contributed by atoms with Gasteiger partial charge < -0.3 is 14.6 Å². The first kappa shape index (κ1) is 22.8. The molecule has 0 aliphatic rings. The van der Waals surface area contributed by atoms with Gasteiger partial charge in [0.2, 0.25) is 0 Å². The minimum Gasteiger partial charge on any atom is -0.419 e. The number of carbonyl (C=O) groups is 3. The highest BCUT2D eigenvalue weighted by molar-refractivity contribution is 6.02. The second-order valence-electron chi connectivity index (χ2n) is 7.47. The third-order valence-corrected chi connectivity index (χ3v) is 4.08. The van der Waals surface area contributed by atoms with Crippen LogP contribution in [-0.2, 0) is 9.59 Å². The van der Waals surface area contributed by atoms with Crippen molar-refractivity contribution in [3.63, 3.8) is 0 Å². The Balaban J connectivity index is 2.42. The van der Waals surface area contributed by atoms with Gasteiger partial charge in [0.05, 0.1) is 0 Å². The topological polar surface area (TPSA) is 89.9 Å². The first-order chi connectivity index (χ1) is 13.9. The Labute approximate surface area is 175 Å². The number of benzene rings is 2. The number of aliphatic hydroxyl groups is 1. The second kappa shape index (κ2) is 8.88. The summed E-state index contributed by atoms with van der Waals surface area (Å²) in [7, 11) is 0. The van der Waals surface area contributed by atoms with Crippen LogP contribution in [-0.4, -0.2) is 28.4 Å². The molecule has 156 valence electrons. The molecule has 0 spiro atoms. The van der Waals surface area contributed by atoms with Crippen LogP contribution in [0, 0.1) is 0 Å². The average molecular weight is 408 g/mol. The number of ether oxygens (including phenoxy) is 2. The summed E-state index contributed by atoms with van der Waals surface area (Å²) in [6.45, 7) is 12.9. The minimum absolute atomic E-state index is 0.0479. The van der Waals surface area contributed by atoms with Crippen molar-refractivity contribution in [2.75, 3.05) is 0 Å². The van der Waals surface area contributed by atoms with Crippen molar-refractivity contribution in [3.8, 4) is 22.6 Å². The van der Waals surface area contributed by atoms with Gasteiger partial charge in [-0.2, -0.15) is 0 Å². The van der Waals surface area contributed by atoms with Gasteiger partial charge in [0.15, 0.2) is 17.3 Å². The molecule has 0 saturated heterocycles. The quantitative estimate of drug-likeness (QED) is 0.318. The van der Waals surface area contributed by atoms with Crippen LogP contribution in [0.2, 0.25) is 0 Å². The molecule has 2 aromatic carbocycles. The zero-order chi connectivity index (χ0) is 22.6. The van der Waals surface area contributed by atoms with Crippen LogP contribution in [0.5, 0.6) is 11.5 Å². The Bertz CT molecular complexity index is 1020. The molecule has 0 atom stereocenters. The van der Waals surface area contributed by atoms with E-state index in [1.165, 1.54) is 33.8 Å². The molecule has 0 bridgehead atoms. The lowest BCUT2D eigenvalue weighted by molar-refractivity contribution is -0.132. The summed E-state index contributed by atoms with van der Waals surface area (Å²) < 4.78 is 10.6. The molecule has 0 saturated carbocycles. The average Bonchev–Trinajstić information content (AvgIpc) is 2.67. The SMILES string of the molecule is C=C(C)C(=O)Oc1ccc(-c2ccc(C(=O)C(C)(C)O)cc2)cc1OC(=O)C(=C)C. The molecule has 0 aliphatic heterocycles. The number of rotatable bonds is 7. The lowest BCUT2D eigenvalue weighted by Gasteiger charge is -2.16. The number of carbonyl (C=O) groups excluding carboxylic acids is 3. The summed E-state index contributed by atoms with van der Waals surface area (Å²) in [5.74, 6) is -1.59. The predicted octanol–water partition coefficient (Wildman–Crippen LogP) is 4.27. The van der Waals surface area contributed by atoms with Gasteiger partial charge in [0, 0.05) is 16.7 Å². The number of ketones is 1. The van der Waals surface area contributed by atoms with Crippen LogP contribution in [0.4, 0.5) is 0 Å². The highest BCUT2D eigenvalue weighted by Gasteiger charge is 2.25. The largest absolute Gasteiger partial charge is 0.419 e. The summed E-state index contributed by atoms with van der Waals surface area (Å²) in [6, 6.07) is 11.4. The summed E-state index contributed by atoms with van der Waals surface area (Å²) >= 11 is 0. The maximum Gasteiger partial charge on any atom is 0.338 e. The highest BCUT2D eigenvalue weighted by atomic mass is 16.6. The van der Waals surface area contributed by atoms with Crippen molar-refractivity contribution in [2.24, 2.45) is 0 Å². The smallest absolute Gasteiger partial charge is 0.338 e. The van der Waals surface area contributed by atoms with E-state index in [1.807, 2.05) is 0 Å². The fourth-order valence-electron chi connectivity index (χ4n) is 2.39. The van der Waals surface area contributed by atoms with Crippen molar-refractivity contribution in [1.29, 1.82) is 0 Å². The zero-order valence-corrected chi connectivity index (χ0v) is 17.4. The van der Waals surface area contributed by atoms with Gasteiger partial charge in [-0.15, -0.1) is 0 Å². The molecule has 6 nitrogen and oxygen atoms in total. The van der Waals surface area contributed by atoms with E-state index in [4.69, 9.17) is 9.47 Å². The van der Waals surface area contributed by atoms with Crippen molar-refractivity contribution in [3.05, 3.63) is 72.3 Å². The van der Waals surface area contributed by atoms with E-state index in [-0.39, 0.29) is 22.6 Å². The van der Waals surface area contributed by atoms with Crippen LogP contribution >= 0.6 is 0 Å². The van der Waals surface area contributed by atoms with Gasteiger partial charge in [0.25, 0.3) is 0 Å². The van der Waals surface area contributed by atoms with Gasteiger partial charge in [-0.05, 0) is 51.0 Å². The Hall–Kier alpha value is -3.51. The third-order valence-electron chi connectivity index (χ3n) is 4.08. The van der Waals surface area contributed by atoms with E-state index in [2.05, 4.69) is 13.2 Å². The zero-order valence-electron chi connectivity index (χ0n) is 17.4. The predicted molar refractivity (Wildman–Crippen MR) is 113 cm³/mol. The maximum atomic E-state index is 12.2. The molecule has 0 amide bonds. The maximum absolute atomic E-state index is 12.2. The van der Waals surface area contributed by atoms with Crippen molar-refractivity contribution < 1.29 is 29.0 Å². The standard InChI is InChI=1S/C24H24O6/c1-14(2)22(26)29-19-12-11-18(13-20(19)30-23(27)15(3)4)16-7-9-17(10-8-16)21(25)24(5,6)28/h7-13,28H,1,3H2,2,4-6H3. The lowest BCUT2D eigenvalue weighted by Crippen LogP contribution is -2.30. The molecule has 30 heavy (non-hydrogen) atoms. The Kier molecular flexibility index (Phi) is 6.74. The van der Waals surface area contributed by atoms with Crippen molar-refractivity contribution >= 4 is 17.7 Å². The Morgan fingerprint density at radius 2 is 1.27 bits per heavy atom. The molecule has 0 fully saturated rings. The molecule has 0 unspecified atom stereocenters. The summed E-state index contributed by atoms with van der Waals surface area (Å²) in [4.78, 5) is 36.1. The molecule has 0 heterocycles. The minimum atomic E-state index is -1.47. The molecule has 0 aliphatic carbocycles. The van der Waals surface area contributed by atoms with Gasteiger partial charge in [-0.3, -0.25) is 4.79 Å². The van der Waals surface area contributed by atoms with Crippen molar-refractivity contribution in [2.45, 2.75) is 33.3 Å². The van der Waals surface area contributed by atoms with Crippen LogP contribution in [0.25, 0.3) is 11.1 Å². The summed E-state index contributed by atoms with van der Waals surface area (Å²) in [5, 5.41) is 9.88. The molecule has 2 aromatic rings. The van der Waals surface area contributed by atoms with Gasteiger partial charge in [-0.1, -0.05) is 43.5 Å². The molecule has 1 N–H and O–H groups in total.